The van der Waals surface area contributed by atoms with Crippen molar-refractivity contribution < 1.29 is 9.53 Å². The third-order valence-electron chi connectivity index (χ3n) is 2.13. The fraction of sp³-hybridized carbons (Fsp3) is 0.583. The van der Waals surface area contributed by atoms with Gasteiger partial charge in [0.05, 0.1) is 13.7 Å². The second-order valence-electron chi connectivity index (χ2n) is 3.63. The number of hydrogen-bond donors (Lipinski definition) is 0. The van der Waals surface area contributed by atoms with Crippen molar-refractivity contribution in [2.24, 2.45) is 5.92 Å². The molecule has 1 unspecified atom stereocenters. The molecule has 0 bridgehead atoms. The van der Waals surface area contributed by atoms with Gasteiger partial charge in [-0.1, -0.05) is 25.8 Å². The standard InChI is InChI=1S/C12H19NO2/c1-6-8-13(9-7-2)11(10(3)4)12(14)15-5/h1,7,10-11H,2,8-9H2,3-5H3. The highest BCUT2D eigenvalue weighted by Crippen LogP contribution is 2.12. The first-order valence-electron chi connectivity index (χ1n) is 4.94. The van der Waals surface area contributed by atoms with Crippen LogP contribution in [0.15, 0.2) is 12.7 Å². The summed E-state index contributed by atoms with van der Waals surface area (Å²) in [6, 6.07) is -0.302. The smallest absolute Gasteiger partial charge is 0.323 e. The summed E-state index contributed by atoms with van der Waals surface area (Å²) in [4.78, 5) is 13.5. The van der Waals surface area contributed by atoms with E-state index in [2.05, 4.69) is 12.5 Å². The molecular formula is C12H19NO2. The molecule has 84 valence electrons. The Hall–Kier alpha value is -1.27. The van der Waals surface area contributed by atoms with Crippen LogP contribution in [0, 0.1) is 18.3 Å². The minimum atomic E-state index is -0.302. The molecular weight excluding hydrogens is 190 g/mol. The molecule has 0 aliphatic carbocycles. The lowest BCUT2D eigenvalue weighted by Crippen LogP contribution is -2.45. The number of terminal acetylenes is 1. The number of carbonyl (C=O) groups is 1. The lowest BCUT2D eigenvalue weighted by molar-refractivity contribution is -0.148. The van der Waals surface area contributed by atoms with E-state index in [1.54, 1.807) is 6.08 Å². The average Bonchev–Trinajstić information content (AvgIpc) is 2.18. The van der Waals surface area contributed by atoms with Gasteiger partial charge in [-0.25, -0.2) is 0 Å². The number of ether oxygens (including phenoxy) is 1. The van der Waals surface area contributed by atoms with Crippen molar-refractivity contribution in [3.63, 3.8) is 0 Å². The van der Waals surface area contributed by atoms with Crippen molar-refractivity contribution in [3.8, 4) is 12.3 Å². The maximum Gasteiger partial charge on any atom is 0.323 e. The maximum absolute atomic E-state index is 11.6. The summed E-state index contributed by atoms with van der Waals surface area (Å²) in [7, 11) is 1.39. The van der Waals surface area contributed by atoms with E-state index in [0.717, 1.165) is 0 Å². The monoisotopic (exact) mass is 209 g/mol. The molecule has 15 heavy (non-hydrogen) atoms. The summed E-state index contributed by atoms with van der Waals surface area (Å²) in [5, 5.41) is 0. The molecule has 0 aromatic rings. The summed E-state index contributed by atoms with van der Waals surface area (Å²) >= 11 is 0. The van der Waals surface area contributed by atoms with Crippen LogP contribution in [0.1, 0.15) is 13.8 Å². The Morgan fingerprint density at radius 3 is 2.60 bits per heavy atom. The zero-order valence-electron chi connectivity index (χ0n) is 9.69. The van der Waals surface area contributed by atoms with Gasteiger partial charge in [0.15, 0.2) is 0 Å². The lowest BCUT2D eigenvalue weighted by atomic mass is 10.0. The van der Waals surface area contributed by atoms with Gasteiger partial charge in [0.1, 0.15) is 6.04 Å². The molecule has 0 aromatic heterocycles. The van der Waals surface area contributed by atoms with Gasteiger partial charge in [0, 0.05) is 6.54 Å². The largest absolute Gasteiger partial charge is 0.468 e. The van der Waals surface area contributed by atoms with Crippen molar-refractivity contribution >= 4 is 5.97 Å². The molecule has 3 nitrogen and oxygen atoms in total. The quantitative estimate of drug-likeness (QED) is 0.375. The molecule has 0 aliphatic heterocycles. The van der Waals surface area contributed by atoms with Gasteiger partial charge in [0.2, 0.25) is 0 Å². The van der Waals surface area contributed by atoms with Crippen molar-refractivity contribution in [2.45, 2.75) is 19.9 Å². The van der Waals surface area contributed by atoms with Crippen LogP contribution in [0.4, 0.5) is 0 Å². The van der Waals surface area contributed by atoms with Crippen molar-refractivity contribution in [2.75, 3.05) is 20.2 Å². The first kappa shape index (κ1) is 13.7. The van der Waals surface area contributed by atoms with E-state index in [0.29, 0.717) is 13.1 Å². The topological polar surface area (TPSA) is 29.5 Å². The Morgan fingerprint density at radius 2 is 2.27 bits per heavy atom. The van der Waals surface area contributed by atoms with E-state index in [1.165, 1.54) is 7.11 Å². The Labute approximate surface area is 92.1 Å². The first-order chi connectivity index (χ1) is 7.08. The third kappa shape index (κ3) is 4.18. The minimum absolute atomic E-state index is 0.158. The van der Waals surface area contributed by atoms with Crippen molar-refractivity contribution in [3.05, 3.63) is 12.7 Å². The highest BCUT2D eigenvalue weighted by Gasteiger charge is 2.28. The van der Waals surface area contributed by atoms with Gasteiger partial charge < -0.3 is 4.74 Å². The van der Waals surface area contributed by atoms with Crippen molar-refractivity contribution in [1.82, 2.24) is 4.90 Å². The summed E-state index contributed by atoms with van der Waals surface area (Å²) in [5.41, 5.74) is 0. The molecule has 0 N–H and O–H groups in total. The average molecular weight is 209 g/mol. The molecule has 0 radical (unpaired) electrons. The lowest BCUT2D eigenvalue weighted by Gasteiger charge is -2.29. The number of rotatable bonds is 6. The molecule has 0 rings (SSSR count). The first-order valence-corrected chi connectivity index (χ1v) is 4.94. The number of nitrogens with zero attached hydrogens (tertiary/aromatic N) is 1. The SMILES string of the molecule is C#CCN(CC=C)C(C(=O)OC)C(C)C. The summed E-state index contributed by atoms with van der Waals surface area (Å²) < 4.78 is 4.76. The van der Waals surface area contributed by atoms with Crippen LogP contribution in [-0.4, -0.2) is 37.1 Å². The predicted molar refractivity (Wildman–Crippen MR) is 61.2 cm³/mol. The zero-order chi connectivity index (χ0) is 11.8. The van der Waals surface area contributed by atoms with Crippen LogP contribution in [0.5, 0.6) is 0 Å². The maximum atomic E-state index is 11.6. The molecule has 0 aliphatic rings. The molecule has 1 atom stereocenters. The number of carbonyl (C=O) groups excluding carboxylic acids is 1. The highest BCUT2D eigenvalue weighted by atomic mass is 16.5. The fourth-order valence-corrected chi connectivity index (χ4v) is 1.52. The fourth-order valence-electron chi connectivity index (χ4n) is 1.52. The van der Waals surface area contributed by atoms with E-state index >= 15 is 0 Å². The molecule has 0 saturated heterocycles. The van der Waals surface area contributed by atoms with E-state index in [4.69, 9.17) is 11.2 Å². The molecule has 0 saturated carbocycles. The van der Waals surface area contributed by atoms with Gasteiger partial charge in [-0.3, -0.25) is 9.69 Å². The third-order valence-corrected chi connectivity index (χ3v) is 2.13. The van der Waals surface area contributed by atoms with E-state index in [9.17, 15) is 4.79 Å². The van der Waals surface area contributed by atoms with Crippen LogP contribution in [0.3, 0.4) is 0 Å². The summed E-state index contributed by atoms with van der Waals surface area (Å²) in [5.74, 6) is 2.45. The normalized spacial score (nSPS) is 12.3. The van der Waals surface area contributed by atoms with Crippen LogP contribution < -0.4 is 0 Å². The van der Waals surface area contributed by atoms with Crippen molar-refractivity contribution in [1.29, 1.82) is 0 Å². The number of methoxy groups -OCH3 is 1. The van der Waals surface area contributed by atoms with Crippen LogP contribution >= 0.6 is 0 Å². The molecule has 3 heteroatoms. The van der Waals surface area contributed by atoms with E-state index < -0.39 is 0 Å². The molecule has 0 fully saturated rings. The van der Waals surface area contributed by atoms with E-state index in [-0.39, 0.29) is 17.9 Å². The second-order valence-corrected chi connectivity index (χ2v) is 3.63. The Balaban J connectivity index is 4.75. The predicted octanol–water partition coefficient (Wildman–Crippen LogP) is 1.31. The number of esters is 1. The molecule has 0 amide bonds. The number of hydrogen-bond acceptors (Lipinski definition) is 3. The Kier molecular flexibility index (Phi) is 6.48. The van der Waals surface area contributed by atoms with Gasteiger partial charge in [-0.15, -0.1) is 13.0 Å². The van der Waals surface area contributed by atoms with E-state index in [1.807, 2.05) is 18.7 Å². The van der Waals surface area contributed by atoms with Crippen LogP contribution in [0.2, 0.25) is 0 Å². The van der Waals surface area contributed by atoms with Gasteiger partial charge in [-0.05, 0) is 5.92 Å². The highest BCUT2D eigenvalue weighted by molar-refractivity contribution is 5.76. The summed E-state index contributed by atoms with van der Waals surface area (Å²) in [6.45, 7) is 8.59. The van der Waals surface area contributed by atoms with Gasteiger partial charge in [0.25, 0.3) is 0 Å². The second kappa shape index (κ2) is 7.08. The molecule has 0 heterocycles. The zero-order valence-corrected chi connectivity index (χ0v) is 9.69. The molecule has 0 spiro atoms. The van der Waals surface area contributed by atoms with Crippen LogP contribution in [0.25, 0.3) is 0 Å². The van der Waals surface area contributed by atoms with Gasteiger partial charge >= 0.3 is 5.97 Å². The summed E-state index contributed by atoms with van der Waals surface area (Å²) in [6.07, 6.45) is 6.99. The Bertz CT molecular complexity index is 253. The minimum Gasteiger partial charge on any atom is -0.468 e. The molecule has 0 aromatic carbocycles. The van der Waals surface area contributed by atoms with Gasteiger partial charge in [-0.2, -0.15) is 0 Å². The Morgan fingerprint density at radius 1 is 1.67 bits per heavy atom. The van der Waals surface area contributed by atoms with Crippen LogP contribution in [-0.2, 0) is 9.53 Å².